The highest BCUT2D eigenvalue weighted by molar-refractivity contribution is 5.69. The van der Waals surface area contributed by atoms with Crippen LogP contribution in [-0.2, 0) is 11.3 Å². The van der Waals surface area contributed by atoms with Crippen molar-refractivity contribution in [2.75, 3.05) is 37.7 Å². The first kappa shape index (κ1) is 21.4. The zero-order valence-electron chi connectivity index (χ0n) is 17.5. The van der Waals surface area contributed by atoms with E-state index in [1.165, 1.54) is 12.1 Å². The van der Waals surface area contributed by atoms with Gasteiger partial charge in [-0.3, -0.25) is 14.8 Å². The van der Waals surface area contributed by atoms with E-state index >= 15 is 0 Å². The number of benzene rings is 1. The van der Waals surface area contributed by atoms with Gasteiger partial charge in [-0.2, -0.15) is 5.10 Å². The van der Waals surface area contributed by atoms with Crippen LogP contribution >= 0.6 is 0 Å². The molecule has 0 bridgehead atoms. The van der Waals surface area contributed by atoms with Crippen LogP contribution in [0.15, 0.2) is 36.7 Å². The van der Waals surface area contributed by atoms with Gasteiger partial charge >= 0.3 is 6.09 Å². The molecule has 1 amide bonds. The fourth-order valence-electron chi connectivity index (χ4n) is 3.13. The third-order valence-corrected chi connectivity index (χ3v) is 4.56. The fraction of sp³-hybridized carbons (Fsp3) is 0.500. The van der Waals surface area contributed by atoms with Crippen molar-refractivity contribution < 1.29 is 19.2 Å². The van der Waals surface area contributed by atoms with E-state index in [1.807, 2.05) is 33.0 Å². The van der Waals surface area contributed by atoms with Crippen molar-refractivity contribution in [3.8, 4) is 5.75 Å². The van der Waals surface area contributed by atoms with E-state index in [1.54, 1.807) is 21.8 Å². The van der Waals surface area contributed by atoms with Crippen LogP contribution in [0.2, 0.25) is 0 Å². The van der Waals surface area contributed by atoms with E-state index in [2.05, 4.69) is 10.00 Å². The molecule has 1 aliphatic heterocycles. The van der Waals surface area contributed by atoms with Crippen LogP contribution < -0.4 is 9.64 Å². The number of nitro groups is 1. The first-order valence-electron chi connectivity index (χ1n) is 9.84. The smallest absolute Gasteiger partial charge is 0.410 e. The molecule has 2 aromatic rings. The maximum absolute atomic E-state index is 12.3. The zero-order valence-corrected chi connectivity index (χ0v) is 17.5. The highest BCUT2D eigenvalue weighted by Gasteiger charge is 2.27. The number of aromatic nitrogens is 2. The van der Waals surface area contributed by atoms with Gasteiger partial charge in [0.15, 0.2) is 0 Å². The number of amides is 1. The molecule has 1 saturated heterocycles. The van der Waals surface area contributed by atoms with Crippen molar-refractivity contribution >= 4 is 17.5 Å². The minimum atomic E-state index is -0.540. The highest BCUT2D eigenvalue weighted by Crippen LogP contribution is 2.33. The second-order valence-corrected chi connectivity index (χ2v) is 7.98. The lowest BCUT2D eigenvalue weighted by Crippen LogP contribution is -2.50. The first-order chi connectivity index (χ1) is 14.2. The Morgan fingerprint density at radius 1 is 1.23 bits per heavy atom. The Bertz CT molecular complexity index is 870. The van der Waals surface area contributed by atoms with E-state index in [4.69, 9.17) is 9.47 Å². The van der Waals surface area contributed by atoms with Crippen LogP contribution in [0.4, 0.5) is 16.2 Å². The molecule has 1 aromatic carbocycles. The molecule has 10 nitrogen and oxygen atoms in total. The zero-order chi connectivity index (χ0) is 21.7. The molecule has 0 unspecified atom stereocenters. The minimum absolute atomic E-state index is 0.0276. The maximum Gasteiger partial charge on any atom is 0.410 e. The topological polar surface area (TPSA) is 103 Å². The number of piperazine rings is 1. The number of hydrogen-bond donors (Lipinski definition) is 0. The number of nitrogens with zero attached hydrogens (tertiary/aromatic N) is 5. The molecule has 0 spiro atoms. The summed E-state index contributed by atoms with van der Waals surface area (Å²) < 4.78 is 13.0. The van der Waals surface area contributed by atoms with Crippen LogP contribution in [-0.4, -0.2) is 64.1 Å². The normalized spacial score (nSPS) is 14.5. The summed E-state index contributed by atoms with van der Waals surface area (Å²) in [5, 5.41) is 15.3. The summed E-state index contributed by atoms with van der Waals surface area (Å²) in [7, 11) is 0. The van der Waals surface area contributed by atoms with Crippen LogP contribution in [0.1, 0.15) is 20.8 Å². The predicted molar refractivity (Wildman–Crippen MR) is 111 cm³/mol. The quantitative estimate of drug-likeness (QED) is 0.526. The Morgan fingerprint density at radius 3 is 2.57 bits per heavy atom. The number of non-ortho nitro benzene ring substituents is 1. The van der Waals surface area contributed by atoms with Crippen molar-refractivity contribution in [1.29, 1.82) is 0 Å². The standard InChI is InChI=1S/C20H27N5O5/c1-20(2,3)30-19(26)23-11-9-22(10-12-23)17-6-5-16(25(27)28)15-18(17)29-14-13-24-8-4-7-21-24/h4-8,15H,9-14H2,1-3H3. The molecular formula is C20H27N5O5. The summed E-state index contributed by atoms with van der Waals surface area (Å²) in [6, 6.07) is 6.43. The van der Waals surface area contributed by atoms with Crippen molar-refractivity contribution in [3.63, 3.8) is 0 Å². The van der Waals surface area contributed by atoms with E-state index in [0.717, 1.165) is 5.69 Å². The molecule has 0 atom stereocenters. The molecule has 0 radical (unpaired) electrons. The lowest BCUT2D eigenvalue weighted by atomic mass is 10.2. The Labute approximate surface area is 175 Å². The average molecular weight is 417 g/mol. The fourth-order valence-corrected chi connectivity index (χ4v) is 3.13. The summed E-state index contributed by atoms with van der Waals surface area (Å²) in [6.45, 7) is 8.52. The van der Waals surface area contributed by atoms with Crippen LogP contribution in [0, 0.1) is 10.1 Å². The third-order valence-electron chi connectivity index (χ3n) is 4.56. The Balaban J connectivity index is 1.67. The summed E-state index contributed by atoms with van der Waals surface area (Å²) in [4.78, 5) is 26.8. The summed E-state index contributed by atoms with van der Waals surface area (Å²) in [5.41, 5.74) is 0.201. The summed E-state index contributed by atoms with van der Waals surface area (Å²) >= 11 is 0. The maximum atomic E-state index is 12.3. The van der Waals surface area contributed by atoms with Gasteiger partial charge in [-0.1, -0.05) is 0 Å². The Kier molecular flexibility index (Phi) is 6.43. The molecule has 162 valence electrons. The molecule has 1 aromatic heterocycles. The van der Waals surface area contributed by atoms with Gasteiger partial charge < -0.3 is 19.3 Å². The number of ether oxygens (including phenoxy) is 2. The molecule has 3 rings (SSSR count). The molecule has 1 aliphatic rings. The minimum Gasteiger partial charge on any atom is -0.489 e. The Hall–Kier alpha value is -3.30. The van der Waals surface area contributed by atoms with Gasteiger partial charge in [0.25, 0.3) is 5.69 Å². The molecule has 30 heavy (non-hydrogen) atoms. The summed E-state index contributed by atoms with van der Waals surface area (Å²) in [6.07, 6.45) is 3.18. The molecule has 0 aliphatic carbocycles. The van der Waals surface area contributed by atoms with Crippen molar-refractivity contribution in [2.45, 2.75) is 32.9 Å². The van der Waals surface area contributed by atoms with Crippen LogP contribution in [0.3, 0.4) is 0 Å². The number of rotatable bonds is 6. The number of hydrogen-bond acceptors (Lipinski definition) is 7. The average Bonchev–Trinajstić information content (AvgIpc) is 3.20. The molecule has 1 fully saturated rings. The van der Waals surface area contributed by atoms with Crippen LogP contribution in [0.25, 0.3) is 0 Å². The van der Waals surface area contributed by atoms with E-state index in [9.17, 15) is 14.9 Å². The first-order valence-corrected chi connectivity index (χ1v) is 9.84. The molecular weight excluding hydrogens is 390 g/mol. The van der Waals surface area contributed by atoms with Crippen molar-refractivity contribution in [3.05, 3.63) is 46.8 Å². The lowest BCUT2D eigenvalue weighted by Gasteiger charge is -2.37. The van der Waals surface area contributed by atoms with E-state index in [-0.39, 0.29) is 11.8 Å². The lowest BCUT2D eigenvalue weighted by molar-refractivity contribution is -0.384. The number of carbonyl (C=O) groups is 1. The van der Waals surface area contributed by atoms with Gasteiger partial charge in [-0.15, -0.1) is 0 Å². The SMILES string of the molecule is CC(C)(C)OC(=O)N1CCN(c2ccc([N+](=O)[O-])cc2OCCn2cccn2)CC1. The van der Waals surface area contributed by atoms with Gasteiger partial charge in [0.1, 0.15) is 18.0 Å². The van der Waals surface area contributed by atoms with Gasteiger partial charge in [-0.05, 0) is 32.9 Å². The highest BCUT2D eigenvalue weighted by atomic mass is 16.6. The van der Waals surface area contributed by atoms with Crippen LogP contribution in [0.5, 0.6) is 5.75 Å². The predicted octanol–water partition coefficient (Wildman–Crippen LogP) is 2.93. The molecule has 0 saturated carbocycles. The molecule has 2 heterocycles. The second-order valence-electron chi connectivity index (χ2n) is 7.98. The van der Waals surface area contributed by atoms with Gasteiger partial charge in [-0.25, -0.2) is 4.79 Å². The monoisotopic (exact) mass is 417 g/mol. The van der Waals surface area contributed by atoms with E-state index < -0.39 is 10.5 Å². The third kappa shape index (κ3) is 5.62. The van der Waals surface area contributed by atoms with Crippen molar-refractivity contribution in [2.24, 2.45) is 0 Å². The van der Waals surface area contributed by atoms with Crippen molar-refractivity contribution in [1.82, 2.24) is 14.7 Å². The Morgan fingerprint density at radius 2 is 1.97 bits per heavy atom. The summed E-state index contributed by atoms with van der Waals surface area (Å²) in [5.74, 6) is 0.446. The second kappa shape index (κ2) is 9.02. The number of carbonyl (C=O) groups excluding carboxylic acids is 1. The van der Waals surface area contributed by atoms with Gasteiger partial charge in [0, 0.05) is 44.6 Å². The molecule has 0 N–H and O–H groups in total. The number of anilines is 1. The largest absolute Gasteiger partial charge is 0.489 e. The van der Waals surface area contributed by atoms with Gasteiger partial charge in [0.2, 0.25) is 0 Å². The van der Waals surface area contributed by atoms with Gasteiger partial charge in [0.05, 0.1) is 23.2 Å². The molecule has 10 heteroatoms. The number of nitro benzene ring substituents is 1. The van der Waals surface area contributed by atoms with E-state index in [0.29, 0.717) is 45.1 Å².